The summed E-state index contributed by atoms with van der Waals surface area (Å²) in [4.78, 5) is 23.7. The van der Waals surface area contributed by atoms with Crippen LogP contribution in [0.2, 0.25) is 0 Å². The molecule has 0 radical (unpaired) electrons. The normalized spacial score (nSPS) is 12.3. The molecule has 4 nitrogen and oxygen atoms in total. The Bertz CT molecular complexity index is 913. The molecule has 5 heteroatoms. The zero-order valence-electron chi connectivity index (χ0n) is 12.2. The van der Waals surface area contributed by atoms with Crippen LogP contribution in [0.5, 0.6) is 5.75 Å². The highest BCUT2D eigenvalue weighted by molar-refractivity contribution is 7.24. The molecule has 2 aromatic carbocycles. The Morgan fingerprint density at radius 2 is 1.82 bits per heavy atom. The molecule has 1 heterocycles. The van der Waals surface area contributed by atoms with Crippen LogP contribution in [-0.2, 0) is 9.53 Å². The zero-order valence-corrected chi connectivity index (χ0v) is 13.0. The Labute approximate surface area is 130 Å². The third kappa shape index (κ3) is 2.67. The first-order chi connectivity index (χ1) is 10.6. The highest BCUT2D eigenvalue weighted by Gasteiger charge is 2.14. The molecule has 0 fully saturated rings. The molecular formula is C17H14O4S. The molecule has 1 atom stereocenters. The number of hydrogen-bond acceptors (Lipinski definition) is 5. The molecule has 112 valence electrons. The number of hydrogen-bond donors (Lipinski definition) is 0. The number of benzene rings is 2. The van der Waals surface area contributed by atoms with Crippen LogP contribution in [0.1, 0.15) is 13.8 Å². The second kappa shape index (κ2) is 5.77. The molecule has 3 aromatic rings. The van der Waals surface area contributed by atoms with Gasteiger partial charge in [0, 0.05) is 28.6 Å². The van der Waals surface area contributed by atoms with E-state index in [0.29, 0.717) is 16.5 Å². The van der Waals surface area contributed by atoms with E-state index in [0.717, 1.165) is 9.40 Å². The van der Waals surface area contributed by atoms with Crippen LogP contribution in [0.25, 0.3) is 20.2 Å². The van der Waals surface area contributed by atoms with Gasteiger partial charge in [0.05, 0.1) is 5.39 Å². The molecule has 0 amide bonds. The zero-order chi connectivity index (χ0) is 15.7. The molecule has 0 bridgehead atoms. The standard InChI is InChI=1S/C17H14O4S/c1-10(18)20-11(2)21-13-7-5-9-15-16(13)17(19)12-6-3-4-8-14(12)22-15/h3-9,11H,1-2H3. The highest BCUT2D eigenvalue weighted by atomic mass is 32.1. The van der Waals surface area contributed by atoms with E-state index in [1.807, 2.05) is 30.3 Å². The van der Waals surface area contributed by atoms with Gasteiger partial charge in [0.15, 0.2) is 5.43 Å². The fourth-order valence-electron chi connectivity index (χ4n) is 2.35. The van der Waals surface area contributed by atoms with E-state index in [-0.39, 0.29) is 5.43 Å². The van der Waals surface area contributed by atoms with Crippen molar-refractivity contribution < 1.29 is 14.3 Å². The fourth-order valence-corrected chi connectivity index (χ4v) is 3.45. The summed E-state index contributed by atoms with van der Waals surface area (Å²) in [5.74, 6) is 0.00148. The number of carbonyl (C=O) groups excluding carboxylic acids is 1. The van der Waals surface area contributed by atoms with E-state index in [9.17, 15) is 9.59 Å². The molecule has 0 aliphatic heterocycles. The largest absolute Gasteiger partial charge is 0.454 e. The topological polar surface area (TPSA) is 52.6 Å². The van der Waals surface area contributed by atoms with Crippen molar-refractivity contribution in [3.8, 4) is 5.75 Å². The first-order valence-corrected chi connectivity index (χ1v) is 7.66. The Kier molecular flexibility index (Phi) is 3.81. The quantitative estimate of drug-likeness (QED) is 0.420. The van der Waals surface area contributed by atoms with Crippen LogP contribution >= 0.6 is 11.3 Å². The molecule has 0 spiro atoms. The Morgan fingerprint density at radius 3 is 2.59 bits per heavy atom. The average molecular weight is 314 g/mol. The van der Waals surface area contributed by atoms with E-state index in [2.05, 4.69) is 0 Å². The van der Waals surface area contributed by atoms with Gasteiger partial charge in [0.25, 0.3) is 0 Å². The Morgan fingerprint density at radius 1 is 1.09 bits per heavy atom. The Balaban J connectivity index is 2.17. The van der Waals surface area contributed by atoms with Gasteiger partial charge in [-0.15, -0.1) is 11.3 Å². The van der Waals surface area contributed by atoms with Crippen LogP contribution in [0.3, 0.4) is 0 Å². The summed E-state index contributed by atoms with van der Waals surface area (Å²) in [6, 6.07) is 12.9. The molecular weight excluding hydrogens is 300 g/mol. The smallest absolute Gasteiger partial charge is 0.305 e. The molecule has 0 saturated carbocycles. The van der Waals surface area contributed by atoms with Crippen molar-refractivity contribution in [2.45, 2.75) is 20.1 Å². The third-order valence-corrected chi connectivity index (χ3v) is 4.33. The second-order valence-electron chi connectivity index (χ2n) is 4.85. The summed E-state index contributed by atoms with van der Waals surface area (Å²) in [7, 11) is 0. The maximum atomic E-state index is 12.7. The van der Waals surface area contributed by atoms with Crippen LogP contribution in [0, 0.1) is 0 Å². The molecule has 1 aromatic heterocycles. The van der Waals surface area contributed by atoms with Crippen LogP contribution in [0.15, 0.2) is 47.3 Å². The highest BCUT2D eigenvalue weighted by Crippen LogP contribution is 2.30. The van der Waals surface area contributed by atoms with E-state index in [4.69, 9.17) is 9.47 Å². The van der Waals surface area contributed by atoms with Gasteiger partial charge in [-0.2, -0.15) is 0 Å². The molecule has 1 unspecified atom stereocenters. The SMILES string of the molecule is CC(=O)OC(C)Oc1cccc2sc3ccccc3c(=O)c12. The van der Waals surface area contributed by atoms with Crippen molar-refractivity contribution in [1.82, 2.24) is 0 Å². The minimum Gasteiger partial charge on any atom is -0.454 e. The molecule has 0 aliphatic carbocycles. The third-order valence-electron chi connectivity index (χ3n) is 3.19. The first kappa shape index (κ1) is 14.5. The number of ether oxygens (including phenoxy) is 2. The van der Waals surface area contributed by atoms with E-state index >= 15 is 0 Å². The summed E-state index contributed by atoms with van der Waals surface area (Å²) in [5, 5.41) is 1.18. The lowest BCUT2D eigenvalue weighted by atomic mass is 10.1. The van der Waals surface area contributed by atoms with Gasteiger partial charge in [-0.1, -0.05) is 18.2 Å². The van der Waals surface area contributed by atoms with Crippen molar-refractivity contribution in [2.24, 2.45) is 0 Å². The number of esters is 1. The second-order valence-corrected chi connectivity index (χ2v) is 5.94. The summed E-state index contributed by atoms with van der Waals surface area (Å²) in [5.41, 5.74) is -0.0741. The van der Waals surface area contributed by atoms with Crippen molar-refractivity contribution in [3.63, 3.8) is 0 Å². The monoisotopic (exact) mass is 314 g/mol. The van der Waals surface area contributed by atoms with E-state index < -0.39 is 12.3 Å². The minimum absolute atomic E-state index is 0.0741. The van der Waals surface area contributed by atoms with Gasteiger partial charge in [-0.25, -0.2) is 0 Å². The lowest BCUT2D eigenvalue weighted by Crippen LogP contribution is -2.19. The summed E-state index contributed by atoms with van der Waals surface area (Å²) in [6.45, 7) is 2.94. The van der Waals surface area contributed by atoms with Gasteiger partial charge < -0.3 is 9.47 Å². The van der Waals surface area contributed by atoms with Crippen molar-refractivity contribution in [2.75, 3.05) is 0 Å². The summed E-state index contributed by atoms with van der Waals surface area (Å²) < 4.78 is 12.4. The van der Waals surface area contributed by atoms with Crippen LogP contribution < -0.4 is 10.2 Å². The number of rotatable bonds is 3. The van der Waals surface area contributed by atoms with Crippen molar-refractivity contribution in [1.29, 1.82) is 0 Å². The van der Waals surface area contributed by atoms with Crippen LogP contribution in [0.4, 0.5) is 0 Å². The molecule has 0 saturated heterocycles. The van der Waals surface area contributed by atoms with Crippen LogP contribution in [-0.4, -0.2) is 12.3 Å². The van der Waals surface area contributed by atoms with Crippen molar-refractivity contribution >= 4 is 37.5 Å². The molecule has 3 rings (SSSR count). The number of carbonyl (C=O) groups is 1. The van der Waals surface area contributed by atoms with Gasteiger partial charge in [-0.3, -0.25) is 9.59 Å². The maximum absolute atomic E-state index is 12.7. The fraction of sp³-hybridized carbons (Fsp3) is 0.176. The van der Waals surface area contributed by atoms with Gasteiger partial charge >= 0.3 is 5.97 Å². The van der Waals surface area contributed by atoms with Gasteiger partial charge in [-0.05, 0) is 24.3 Å². The summed E-state index contributed by atoms with van der Waals surface area (Å²) in [6.07, 6.45) is -0.751. The lowest BCUT2D eigenvalue weighted by Gasteiger charge is -2.15. The van der Waals surface area contributed by atoms with Crippen molar-refractivity contribution in [3.05, 3.63) is 52.7 Å². The molecule has 0 aliphatic rings. The van der Waals surface area contributed by atoms with E-state index in [1.165, 1.54) is 18.3 Å². The van der Waals surface area contributed by atoms with Gasteiger partial charge in [0.2, 0.25) is 6.29 Å². The van der Waals surface area contributed by atoms with Gasteiger partial charge in [0.1, 0.15) is 5.75 Å². The van der Waals surface area contributed by atoms with E-state index in [1.54, 1.807) is 19.1 Å². The number of fused-ring (bicyclic) bond motifs is 2. The maximum Gasteiger partial charge on any atom is 0.305 e. The summed E-state index contributed by atoms with van der Waals surface area (Å²) >= 11 is 1.53. The molecule has 0 N–H and O–H groups in total. The average Bonchev–Trinajstić information content (AvgIpc) is 2.46. The molecule has 22 heavy (non-hydrogen) atoms. The lowest BCUT2D eigenvalue weighted by molar-refractivity contribution is -0.158. The predicted octanol–water partition coefficient (Wildman–Crippen LogP) is 3.70. The first-order valence-electron chi connectivity index (χ1n) is 6.84. The predicted molar refractivity (Wildman–Crippen MR) is 87.5 cm³/mol. The Hall–Kier alpha value is -2.40. The minimum atomic E-state index is -0.751.